The van der Waals surface area contributed by atoms with E-state index < -0.39 is 6.85 Å². The quantitative estimate of drug-likeness (QED) is 0.164. The van der Waals surface area contributed by atoms with E-state index in [4.69, 9.17) is 8.53 Å². The number of fused-ring (bicyclic) bond motifs is 3. The van der Waals surface area contributed by atoms with Crippen LogP contribution >= 0.6 is 0 Å². The first-order valence-electron chi connectivity index (χ1n) is 16.1. The van der Waals surface area contributed by atoms with Gasteiger partial charge in [0.25, 0.3) is 0 Å². The van der Waals surface area contributed by atoms with E-state index in [9.17, 15) is 0 Å². The topological polar surface area (TPSA) is 32.5 Å². The van der Waals surface area contributed by atoms with Crippen LogP contribution in [0.3, 0.4) is 0 Å². The summed E-state index contributed by atoms with van der Waals surface area (Å²) in [4.78, 5) is 8.40. The summed E-state index contributed by atoms with van der Waals surface area (Å²) in [7, 11) is 0. The molecule has 6 aromatic rings. The fourth-order valence-corrected chi connectivity index (χ4v) is 5.42. The van der Waals surface area contributed by atoms with Crippen molar-refractivity contribution in [3.8, 4) is 11.3 Å². The third kappa shape index (κ3) is 6.36. The van der Waals surface area contributed by atoms with E-state index >= 15 is 0 Å². The molecule has 0 N–H and O–H groups in total. The number of hydrogen-bond donors (Lipinski definition) is 0. The van der Waals surface area contributed by atoms with Crippen LogP contribution < -0.4 is 9.80 Å². The molecule has 2 aromatic heterocycles. The first-order chi connectivity index (χ1) is 22.1. The molecule has 4 nitrogen and oxygen atoms in total. The monoisotopic (exact) mass is 758 g/mol. The molecule has 4 aromatic carbocycles. The summed E-state index contributed by atoms with van der Waals surface area (Å²) >= 11 is 0. The normalized spacial score (nSPS) is 13.9. The van der Waals surface area contributed by atoms with E-state index in [-0.39, 0.29) is 25.7 Å². The SMILES string of the molecule is [2H]C([2H])([2H])c1ccc2c(c1)oc1c(N3C=CN(c4c(C(C)C)cccc4C(C)C)[CH-]3)[c-]ccc12.[Ir+3].[c-]1ccccc1-c1ccccn1. The van der Waals surface area contributed by atoms with Crippen molar-refractivity contribution in [2.45, 2.75) is 46.4 Å². The van der Waals surface area contributed by atoms with Gasteiger partial charge in [-0.3, -0.25) is 0 Å². The predicted octanol–water partition coefficient (Wildman–Crippen LogP) is 10.4. The van der Waals surface area contributed by atoms with Crippen molar-refractivity contribution >= 4 is 33.3 Å². The maximum atomic E-state index is 7.72. The molecule has 0 bridgehead atoms. The van der Waals surface area contributed by atoms with Crippen molar-refractivity contribution in [1.82, 2.24) is 4.98 Å². The second-order valence-electron chi connectivity index (χ2n) is 11.2. The minimum atomic E-state index is -2.17. The molecule has 1 aliphatic rings. The van der Waals surface area contributed by atoms with Gasteiger partial charge in [-0.25, -0.2) is 0 Å². The largest absolute Gasteiger partial charge is 3.00 e. The summed E-state index contributed by atoms with van der Waals surface area (Å²) in [5.41, 5.74) is 8.14. The number of nitrogens with zero attached hydrogens (tertiary/aromatic N) is 3. The van der Waals surface area contributed by atoms with Crippen molar-refractivity contribution in [2.24, 2.45) is 0 Å². The molecule has 0 amide bonds. The Morgan fingerprint density at radius 2 is 1.57 bits per heavy atom. The Hall–Kier alpha value is -4.18. The number of aryl methyl sites for hydroxylation is 1. The summed E-state index contributed by atoms with van der Waals surface area (Å²) < 4.78 is 29.4. The minimum absolute atomic E-state index is 0. The average Bonchev–Trinajstić information content (AvgIpc) is 3.70. The third-order valence-electron chi connectivity index (χ3n) is 7.56. The van der Waals surface area contributed by atoms with E-state index in [1.807, 2.05) is 71.8 Å². The van der Waals surface area contributed by atoms with Gasteiger partial charge in [0, 0.05) is 27.0 Å². The molecule has 0 atom stereocenters. The van der Waals surface area contributed by atoms with Gasteiger partial charge in [0.05, 0.1) is 0 Å². The first kappa shape index (κ1) is 27.4. The Balaban J connectivity index is 0.000000280. The van der Waals surface area contributed by atoms with E-state index in [1.165, 1.54) is 16.8 Å². The molecule has 44 heavy (non-hydrogen) atoms. The first-order valence-corrected chi connectivity index (χ1v) is 14.6. The molecule has 222 valence electrons. The number of aromatic nitrogens is 1. The fraction of sp³-hybridized carbons (Fsp3) is 0.179. The number of furan rings is 1. The van der Waals surface area contributed by atoms with Gasteiger partial charge < -0.3 is 19.2 Å². The van der Waals surface area contributed by atoms with Crippen LogP contribution in [0.25, 0.3) is 33.2 Å². The summed E-state index contributed by atoms with van der Waals surface area (Å²) in [5, 5.41) is 1.83. The molecule has 0 saturated heterocycles. The number of benzene rings is 4. The maximum Gasteiger partial charge on any atom is 3.00 e. The maximum absolute atomic E-state index is 7.72. The van der Waals surface area contributed by atoms with Crippen molar-refractivity contribution in [1.29, 1.82) is 0 Å². The van der Waals surface area contributed by atoms with Crippen LogP contribution in [0.4, 0.5) is 11.4 Å². The molecule has 0 aliphatic carbocycles. The van der Waals surface area contributed by atoms with Crippen molar-refractivity contribution in [2.75, 3.05) is 9.80 Å². The molecular weight excluding hydrogens is 719 g/mol. The smallest absolute Gasteiger partial charge is 0.514 e. The summed E-state index contributed by atoms with van der Waals surface area (Å²) in [6.07, 6.45) is 5.86. The molecule has 3 heterocycles. The van der Waals surface area contributed by atoms with Gasteiger partial charge >= 0.3 is 20.1 Å². The fourth-order valence-electron chi connectivity index (χ4n) is 5.42. The van der Waals surface area contributed by atoms with E-state index in [0.29, 0.717) is 23.0 Å². The van der Waals surface area contributed by atoms with Crippen molar-refractivity contribution in [3.63, 3.8) is 0 Å². The molecule has 0 saturated carbocycles. The average molecular weight is 758 g/mol. The van der Waals surface area contributed by atoms with Gasteiger partial charge in [-0.2, -0.15) is 18.2 Å². The number of para-hydroxylation sites is 1. The van der Waals surface area contributed by atoms with Crippen molar-refractivity contribution in [3.05, 3.63) is 145 Å². The number of anilines is 2. The zero-order valence-corrected chi connectivity index (χ0v) is 27.6. The van der Waals surface area contributed by atoms with Crippen LogP contribution in [0.15, 0.2) is 114 Å². The summed E-state index contributed by atoms with van der Waals surface area (Å²) in [6.45, 7) is 8.76. The molecule has 1 aliphatic heterocycles. The Morgan fingerprint density at radius 3 is 2.25 bits per heavy atom. The molecule has 0 radical (unpaired) electrons. The molecule has 0 fully saturated rings. The second-order valence-corrected chi connectivity index (χ2v) is 11.2. The van der Waals surface area contributed by atoms with Gasteiger partial charge in [0.2, 0.25) is 0 Å². The Kier molecular flexibility index (Phi) is 8.48. The Bertz CT molecular complexity index is 1920. The number of rotatable bonds is 5. The van der Waals surface area contributed by atoms with Crippen LogP contribution in [-0.2, 0) is 20.1 Å². The van der Waals surface area contributed by atoms with Gasteiger partial charge in [-0.05, 0) is 65.6 Å². The summed E-state index contributed by atoms with van der Waals surface area (Å²) in [6, 6.07) is 35.6. The van der Waals surface area contributed by atoms with Crippen LogP contribution in [0.2, 0.25) is 0 Å². The van der Waals surface area contributed by atoms with E-state index in [1.54, 1.807) is 18.3 Å². The van der Waals surface area contributed by atoms with Gasteiger partial charge in [0.15, 0.2) is 0 Å². The third-order valence-corrected chi connectivity index (χ3v) is 7.56. The Morgan fingerprint density at radius 1 is 0.795 bits per heavy atom. The summed E-state index contributed by atoms with van der Waals surface area (Å²) in [5.74, 6) is 0.782. The zero-order chi connectivity index (χ0) is 32.4. The van der Waals surface area contributed by atoms with Gasteiger partial charge in [-0.1, -0.05) is 81.2 Å². The zero-order valence-electron chi connectivity index (χ0n) is 28.2. The molecular formula is C39H36IrN3O. The van der Waals surface area contributed by atoms with E-state index in [2.05, 4.69) is 80.8 Å². The van der Waals surface area contributed by atoms with Crippen LogP contribution in [-0.4, -0.2) is 4.98 Å². The molecule has 5 heteroatoms. The Labute approximate surface area is 278 Å². The number of hydrogen-bond acceptors (Lipinski definition) is 4. The van der Waals surface area contributed by atoms with Crippen LogP contribution in [0.5, 0.6) is 0 Å². The van der Waals surface area contributed by atoms with E-state index in [0.717, 1.165) is 27.7 Å². The van der Waals surface area contributed by atoms with Crippen LogP contribution in [0.1, 0.15) is 60.3 Å². The van der Waals surface area contributed by atoms with Gasteiger partial charge in [-0.15, -0.1) is 42.6 Å². The molecule has 7 rings (SSSR count). The number of pyridine rings is 1. The van der Waals surface area contributed by atoms with Gasteiger partial charge in [0.1, 0.15) is 5.58 Å². The second kappa shape index (κ2) is 13.6. The predicted molar refractivity (Wildman–Crippen MR) is 179 cm³/mol. The molecule has 0 unspecified atom stereocenters. The minimum Gasteiger partial charge on any atom is -0.514 e. The standard InChI is InChI=1S/C28H28N2O.C11H8N.Ir/c1-18(2)21-8-6-9-22(19(3)4)27(21)30-15-14-29(17-30)25-11-7-10-24-23-13-12-20(5)16-26(23)31-28(24)25;1-2-6-10(7-3-1)11-8-4-5-9-12-11;/h6-10,12-19H,1-5H3;1-6,8-9H;/q-2;-1;+3/i5D3;;. The van der Waals surface area contributed by atoms with Crippen molar-refractivity contribution < 1.29 is 28.6 Å². The van der Waals surface area contributed by atoms with Crippen LogP contribution in [0, 0.1) is 25.7 Å². The molecule has 0 spiro atoms.